The molecule has 3 N–H and O–H groups in total. The Kier molecular flexibility index (Phi) is 2.49. The zero-order valence-corrected chi connectivity index (χ0v) is 7.74. The zero-order valence-electron chi connectivity index (χ0n) is 7.74. The summed E-state index contributed by atoms with van der Waals surface area (Å²) in [5, 5.41) is 0. The summed E-state index contributed by atoms with van der Waals surface area (Å²) >= 11 is 0. The summed E-state index contributed by atoms with van der Waals surface area (Å²) in [6.07, 6.45) is 7.38. The molecule has 1 atom stereocenters. The van der Waals surface area contributed by atoms with Crippen LogP contribution < -0.4 is 10.6 Å². The molecule has 1 saturated heterocycles. The van der Waals surface area contributed by atoms with Gasteiger partial charge in [-0.3, -0.25) is 0 Å². The van der Waals surface area contributed by atoms with Crippen molar-refractivity contribution in [1.82, 2.24) is 9.97 Å². The summed E-state index contributed by atoms with van der Waals surface area (Å²) in [6, 6.07) is 0.472. The Bertz CT molecular complexity index is 244. The molecular formula is C9H16N4. The van der Waals surface area contributed by atoms with Crippen LogP contribution in [-0.2, 0) is 0 Å². The van der Waals surface area contributed by atoms with E-state index >= 15 is 0 Å². The molecule has 0 saturated carbocycles. The van der Waals surface area contributed by atoms with Crippen molar-refractivity contribution in [3.05, 3.63) is 12.4 Å². The molecule has 0 bridgehead atoms. The molecule has 1 aromatic heterocycles. The summed E-state index contributed by atoms with van der Waals surface area (Å²) in [6.45, 7) is 1.80. The SMILES string of the molecule is NCC1CCCCN1c1ncc[nH]1. The van der Waals surface area contributed by atoms with Gasteiger partial charge in [0.15, 0.2) is 0 Å². The van der Waals surface area contributed by atoms with Gasteiger partial charge in [-0.2, -0.15) is 0 Å². The number of imidazole rings is 1. The maximum absolute atomic E-state index is 5.72. The molecule has 0 radical (unpaired) electrons. The molecule has 2 heterocycles. The molecule has 0 aliphatic carbocycles. The van der Waals surface area contributed by atoms with Crippen LogP contribution in [0.15, 0.2) is 12.4 Å². The van der Waals surface area contributed by atoms with Crippen molar-refractivity contribution in [2.24, 2.45) is 5.73 Å². The van der Waals surface area contributed by atoms with E-state index in [-0.39, 0.29) is 0 Å². The minimum Gasteiger partial charge on any atom is -0.338 e. The molecule has 1 aromatic rings. The highest BCUT2D eigenvalue weighted by Gasteiger charge is 2.22. The van der Waals surface area contributed by atoms with E-state index in [4.69, 9.17) is 5.73 Å². The smallest absolute Gasteiger partial charge is 0.203 e. The first-order valence-electron chi connectivity index (χ1n) is 4.88. The lowest BCUT2D eigenvalue weighted by atomic mass is 10.0. The standard InChI is InChI=1S/C9H16N4/c10-7-8-3-1-2-6-13(8)9-11-4-5-12-9/h4-5,8H,1-3,6-7,10H2,(H,11,12). The molecule has 1 aliphatic rings. The van der Waals surface area contributed by atoms with Crippen LogP contribution in [0.2, 0.25) is 0 Å². The number of nitrogens with zero attached hydrogens (tertiary/aromatic N) is 2. The lowest BCUT2D eigenvalue weighted by molar-refractivity contribution is 0.459. The molecule has 4 heteroatoms. The Morgan fingerprint density at radius 3 is 3.23 bits per heavy atom. The van der Waals surface area contributed by atoms with Gasteiger partial charge in [0.05, 0.1) is 0 Å². The number of aromatic amines is 1. The second-order valence-corrected chi connectivity index (χ2v) is 3.49. The lowest BCUT2D eigenvalue weighted by Gasteiger charge is -2.34. The number of hydrogen-bond donors (Lipinski definition) is 2. The van der Waals surface area contributed by atoms with E-state index < -0.39 is 0 Å². The summed E-state index contributed by atoms with van der Waals surface area (Å²) in [7, 11) is 0. The average molecular weight is 180 g/mol. The van der Waals surface area contributed by atoms with Crippen LogP contribution in [0.5, 0.6) is 0 Å². The van der Waals surface area contributed by atoms with Gasteiger partial charge in [0.1, 0.15) is 0 Å². The molecule has 1 fully saturated rings. The van der Waals surface area contributed by atoms with E-state index in [0.29, 0.717) is 6.04 Å². The third-order valence-corrected chi connectivity index (χ3v) is 2.66. The molecule has 4 nitrogen and oxygen atoms in total. The van der Waals surface area contributed by atoms with E-state index in [9.17, 15) is 0 Å². The first-order valence-corrected chi connectivity index (χ1v) is 4.88. The van der Waals surface area contributed by atoms with Crippen molar-refractivity contribution in [1.29, 1.82) is 0 Å². The van der Waals surface area contributed by atoms with Gasteiger partial charge in [0.2, 0.25) is 5.95 Å². The normalized spacial score (nSPS) is 23.5. The first-order chi connectivity index (χ1) is 6.42. The number of aromatic nitrogens is 2. The van der Waals surface area contributed by atoms with Crippen molar-refractivity contribution in [2.75, 3.05) is 18.0 Å². The van der Waals surface area contributed by atoms with Gasteiger partial charge in [0, 0.05) is 31.5 Å². The zero-order chi connectivity index (χ0) is 9.10. The highest BCUT2D eigenvalue weighted by atomic mass is 15.3. The number of rotatable bonds is 2. The molecule has 1 unspecified atom stereocenters. The van der Waals surface area contributed by atoms with Crippen molar-refractivity contribution in [2.45, 2.75) is 25.3 Å². The topological polar surface area (TPSA) is 57.9 Å². The molecule has 0 amide bonds. The minimum atomic E-state index is 0.472. The number of piperidine rings is 1. The van der Waals surface area contributed by atoms with Gasteiger partial charge in [-0.1, -0.05) is 0 Å². The van der Waals surface area contributed by atoms with E-state index in [1.165, 1.54) is 19.3 Å². The Morgan fingerprint density at radius 2 is 2.54 bits per heavy atom. The van der Waals surface area contributed by atoms with Crippen molar-refractivity contribution < 1.29 is 0 Å². The van der Waals surface area contributed by atoms with Gasteiger partial charge < -0.3 is 15.6 Å². The number of hydrogen-bond acceptors (Lipinski definition) is 3. The minimum absolute atomic E-state index is 0.472. The van der Waals surface area contributed by atoms with Crippen LogP contribution >= 0.6 is 0 Å². The number of anilines is 1. The van der Waals surface area contributed by atoms with Crippen molar-refractivity contribution in [3.8, 4) is 0 Å². The number of H-pyrrole nitrogens is 1. The summed E-state index contributed by atoms with van der Waals surface area (Å²) in [4.78, 5) is 9.66. The second-order valence-electron chi connectivity index (χ2n) is 3.49. The third-order valence-electron chi connectivity index (χ3n) is 2.66. The Balaban J connectivity index is 2.11. The van der Waals surface area contributed by atoms with Crippen LogP contribution in [0.25, 0.3) is 0 Å². The predicted octanol–water partition coefficient (Wildman–Crippen LogP) is 0.727. The lowest BCUT2D eigenvalue weighted by Crippen LogP contribution is -2.44. The van der Waals surface area contributed by atoms with Gasteiger partial charge >= 0.3 is 0 Å². The van der Waals surface area contributed by atoms with E-state index in [1.54, 1.807) is 6.20 Å². The molecule has 13 heavy (non-hydrogen) atoms. The summed E-state index contributed by atoms with van der Waals surface area (Å²) in [5.41, 5.74) is 5.72. The fourth-order valence-electron chi connectivity index (χ4n) is 1.94. The summed E-state index contributed by atoms with van der Waals surface area (Å²) in [5.74, 6) is 0.968. The third kappa shape index (κ3) is 1.67. The van der Waals surface area contributed by atoms with Gasteiger partial charge in [-0.15, -0.1) is 0 Å². The Hall–Kier alpha value is -1.03. The highest BCUT2D eigenvalue weighted by Crippen LogP contribution is 2.20. The van der Waals surface area contributed by atoms with Crippen molar-refractivity contribution in [3.63, 3.8) is 0 Å². The van der Waals surface area contributed by atoms with E-state index in [0.717, 1.165) is 19.0 Å². The quantitative estimate of drug-likeness (QED) is 0.705. The van der Waals surface area contributed by atoms with Crippen LogP contribution in [0.4, 0.5) is 5.95 Å². The molecule has 0 spiro atoms. The predicted molar refractivity (Wildman–Crippen MR) is 52.6 cm³/mol. The highest BCUT2D eigenvalue weighted by molar-refractivity contribution is 5.31. The van der Waals surface area contributed by atoms with Crippen LogP contribution in [0.1, 0.15) is 19.3 Å². The van der Waals surface area contributed by atoms with E-state index in [2.05, 4.69) is 14.9 Å². The maximum Gasteiger partial charge on any atom is 0.203 e. The van der Waals surface area contributed by atoms with E-state index in [1.807, 2.05) is 6.20 Å². The van der Waals surface area contributed by atoms with Crippen molar-refractivity contribution >= 4 is 5.95 Å². The molecule has 0 aromatic carbocycles. The monoisotopic (exact) mass is 180 g/mol. The molecular weight excluding hydrogens is 164 g/mol. The number of nitrogens with one attached hydrogen (secondary N) is 1. The molecule has 1 aliphatic heterocycles. The maximum atomic E-state index is 5.72. The van der Waals surface area contributed by atoms with Crippen LogP contribution in [-0.4, -0.2) is 29.1 Å². The average Bonchev–Trinajstić information content (AvgIpc) is 2.70. The summed E-state index contributed by atoms with van der Waals surface area (Å²) < 4.78 is 0. The fourth-order valence-corrected chi connectivity index (χ4v) is 1.94. The van der Waals surface area contributed by atoms with Gasteiger partial charge in [-0.25, -0.2) is 4.98 Å². The Labute approximate surface area is 78.1 Å². The Morgan fingerprint density at radius 1 is 1.62 bits per heavy atom. The molecule has 72 valence electrons. The first kappa shape index (κ1) is 8.56. The van der Waals surface area contributed by atoms with Crippen LogP contribution in [0, 0.1) is 0 Å². The van der Waals surface area contributed by atoms with Gasteiger partial charge in [0.25, 0.3) is 0 Å². The molecule has 2 rings (SSSR count). The van der Waals surface area contributed by atoms with Crippen LogP contribution in [0.3, 0.4) is 0 Å². The number of nitrogens with two attached hydrogens (primary N) is 1. The largest absolute Gasteiger partial charge is 0.338 e. The fraction of sp³-hybridized carbons (Fsp3) is 0.667. The second kappa shape index (κ2) is 3.79. The van der Waals surface area contributed by atoms with Gasteiger partial charge in [-0.05, 0) is 19.3 Å².